The molecule has 31 heavy (non-hydrogen) atoms. The molecule has 0 aliphatic heterocycles. The van der Waals surface area contributed by atoms with Gasteiger partial charge in [0.2, 0.25) is 11.1 Å². The number of aromatic nitrogens is 3. The zero-order valence-corrected chi connectivity index (χ0v) is 18.6. The first-order valence-corrected chi connectivity index (χ1v) is 10.7. The van der Waals surface area contributed by atoms with Crippen LogP contribution >= 0.6 is 11.8 Å². The second-order valence-corrected chi connectivity index (χ2v) is 9.19. The van der Waals surface area contributed by atoms with E-state index in [-0.39, 0.29) is 22.6 Å². The Labute approximate surface area is 184 Å². The number of hydrogen-bond donors (Lipinski definition) is 2. The minimum absolute atomic E-state index is 0.0193. The molecular weight excluding hydrogens is 420 g/mol. The summed E-state index contributed by atoms with van der Waals surface area (Å²) >= 11 is 1.12. The van der Waals surface area contributed by atoms with Gasteiger partial charge in [-0.15, -0.1) is 10.2 Å². The molecule has 1 heterocycles. The van der Waals surface area contributed by atoms with Crippen LogP contribution in [-0.2, 0) is 10.2 Å². The topological polar surface area (TPSA) is 85.8 Å². The van der Waals surface area contributed by atoms with Crippen LogP contribution in [0.1, 0.15) is 44.9 Å². The van der Waals surface area contributed by atoms with Crippen LogP contribution in [0.2, 0.25) is 0 Å². The lowest BCUT2D eigenvalue weighted by molar-refractivity contribution is -0.119. The number of nitrogen functional groups attached to an aromatic ring is 1. The minimum Gasteiger partial charge on any atom is -0.349 e. The average Bonchev–Trinajstić information content (AvgIpc) is 3.06. The molecule has 0 aliphatic carbocycles. The number of halogens is 2. The molecule has 6 nitrogen and oxygen atoms in total. The molecule has 1 aromatic heterocycles. The van der Waals surface area contributed by atoms with E-state index in [1.807, 2.05) is 24.3 Å². The Bertz CT molecular complexity index is 1080. The third-order valence-electron chi connectivity index (χ3n) is 4.81. The standard InChI is InChI=1S/C22H25F2N5OS/c1-13(17-10-9-16(23)11-18(17)24)26-19(30)12-31-21-28-27-20(29(21)25)14-5-7-15(8-6-14)22(2,3)4/h5-11,13H,12,25H2,1-4H3,(H,26,30). The predicted octanol–water partition coefficient (Wildman–Crippen LogP) is 4.20. The van der Waals surface area contributed by atoms with E-state index in [0.717, 1.165) is 29.5 Å². The van der Waals surface area contributed by atoms with E-state index in [9.17, 15) is 13.6 Å². The fourth-order valence-corrected chi connectivity index (χ4v) is 3.70. The maximum Gasteiger partial charge on any atom is 0.230 e. The molecule has 0 aliphatic rings. The molecule has 3 rings (SSSR count). The molecule has 9 heteroatoms. The number of nitrogens with one attached hydrogen (secondary N) is 1. The third kappa shape index (κ3) is 5.41. The van der Waals surface area contributed by atoms with E-state index in [1.54, 1.807) is 6.92 Å². The maximum absolute atomic E-state index is 13.9. The van der Waals surface area contributed by atoms with Gasteiger partial charge in [0.05, 0.1) is 11.8 Å². The average molecular weight is 446 g/mol. The van der Waals surface area contributed by atoms with Gasteiger partial charge in [0.15, 0.2) is 5.82 Å². The third-order valence-corrected chi connectivity index (χ3v) is 5.76. The summed E-state index contributed by atoms with van der Waals surface area (Å²) in [4.78, 5) is 12.3. The van der Waals surface area contributed by atoms with Gasteiger partial charge in [0.1, 0.15) is 11.6 Å². The maximum atomic E-state index is 13.9. The van der Waals surface area contributed by atoms with Crippen LogP contribution in [0.3, 0.4) is 0 Å². The van der Waals surface area contributed by atoms with Crippen molar-refractivity contribution >= 4 is 17.7 Å². The zero-order valence-electron chi connectivity index (χ0n) is 17.8. The Hall–Kier alpha value is -2.94. The van der Waals surface area contributed by atoms with E-state index in [1.165, 1.54) is 16.3 Å². The predicted molar refractivity (Wildman–Crippen MR) is 118 cm³/mol. The number of hydrogen-bond acceptors (Lipinski definition) is 5. The Morgan fingerprint density at radius 3 is 2.45 bits per heavy atom. The number of carbonyl (C=O) groups excluding carboxylic acids is 1. The molecule has 0 bridgehead atoms. The summed E-state index contributed by atoms with van der Waals surface area (Å²) in [5.41, 5.74) is 2.26. The summed E-state index contributed by atoms with van der Waals surface area (Å²) < 4.78 is 28.3. The summed E-state index contributed by atoms with van der Waals surface area (Å²) in [5.74, 6) is 4.93. The van der Waals surface area contributed by atoms with Crippen LogP contribution in [0.15, 0.2) is 47.6 Å². The van der Waals surface area contributed by atoms with Gasteiger partial charge in [-0.25, -0.2) is 13.5 Å². The van der Waals surface area contributed by atoms with Crippen molar-refractivity contribution in [1.29, 1.82) is 0 Å². The highest BCUT2D eigenvalue weighted by molar-refractivity contribution is 7.99. The quantitative estimate of drug-likeness (QED) is 0.439. The Morgan fingerprint density at radius 2 is 1.84 bits per heavy atom. The number of carbonyl (C=O) groups is 1. The van der Waals surface area contributed by atoms with Crippen molar-refractivity contribution in [3.05, 3.63) is 65.2 Å². The number of nitrogens with two attached hydrogens (primary N) is 1. The monoisotopic (exact) mass is 445 g/mol. The number of amides is 1. The molecule has 0 spiro atoms. The number of rotatable bonds is 6. The molecule has 164 valence electrons. The SMILES string of the molecule is CC(NC(=O)CSc1nnc(-c2ccc(C(C)(C)C)cc2)n1N)c1ccc(F)cc1F. The van der Waals surface area contributed by atoms with Gasteiger partial charge in [-0.2, -0.15) is 0 Å². The summed E-state index contributed by atoms with van der Waals surface area (Å²) in [6.45, 7) is 8.04. The Morgan fingerprint density at radius 1 is 1.16 bits per heavy atom. The van der Waals surface area contributed by atoms with E-state index in [4.69, 9.17) is 5.84 Å². The molecule has 1 atom stereocenters. The van der Waals surface area contributed by atoms with Gasteiger partial charge in [-0.05, 0) is 24.0 Å². The van der Waals surface area contributed by atoms with Crippen molar-refractivity contribution < 1.29 is 13.6 Å². The molecule has 0 fully saturated rings. The lowest BCUT2D eigenvalue weighted by Crippen LogP contribution is -2.29. The number of benzene rings is 2. The molecular formula is C22H25F2N5OS. The summed E-state index contributed by atoms with van der Waals surface area (Å²) in [5, 5.41) is 11.3. The lowest BCUT2D eigenvalue weighted by atomic mass is 9.87. The molecule has 0 saturated heterocycles. The van der Waals surface area contributed by atoms with Crippen molar-refractivity contribution in [2.45, 2.75) is 44.3 Å². The van der Waals surface area contributed by atoms with Crippen molar-refractivity contribution in [1.82, 2.24) is 20.2 Å². The summed E-state index contributed by atoms with van der Waals surface area (Å²) in [7, 11) is 0. The first kappa shape index (κ1) is 22.7. The highest BCUT2D eigenvalue weighted by atomic mass is 32.2. The van der Waals surface area contributed by atoms with Crippen LogP contribution in [0.25, 0.3) is 11.4 Å². The van der Waals surface area contributed by atoms with Crippen molar-refractivity contribution in [3.8, 4) is 11.4 Å². The lowest BCUT2D eigenvalue weighted by Gasteiger charge is -2.19. The second-order valence-electron chi connectivity index (χ2n) is 8.25. The van der Waals surface area contributed by atoms with Crippen molar-refractivity contribution in [2.24, 2.45) is 0 Å². The van der Waals surface area contributed by atoms with Gasteiger partial charge in [-0.3, -0.25) is 4.79 Å². The van der Waals surface area contributed by atoms with E-state index in [2.05, 4.69) is 36.3 Å². The molecule has 1 amide bonds. The van der Waals surface area contributed by atoms with Gasteiger partial charge in [0.25, 0.3) is 0 Å². The van der Waals surface area contributed by atoms with E-state index < -0.39 is 17.7 Å². The van der Waals surface area contributed by atoms with Gasteiger partial charge < -0.3 is 11.2 Å². The van der Waals surface area contributed by atoms with Gasteiger partial charge in [-0.1, -0.05) is 62.9 Å². The van der Waals surface area contributed by atoms with E-state index >= 15 is 0 Å². The highest BCUT2D eigenvalue weighted by Crippen LogP contribution is 2.26. The molecule has 0 saturated carbocycles. The molecule has 3 N–H and O–H groups in total. The zero-order chi connectivity index (χ0) is 22.8. The van der Waals surface area contributed by atoms with Crippen LogP contribution in [0.5, 0.6) is 0 Å². The first-order valence-electron chi connectivity index (χ1n) is 9.75. The molecule has 3 aromatic rings. The van der Waals surface area contributed by atoms with Crippen LogP contribution in [-0.4, -0.2) is 26.5 Å². The second kappa shape index (κ2) is 9.05. The Kier molecular flexibility index (Phi) is 6.64. The first-order chi connectivity index (χ1) is 14.6. The number of nitrogens with zero attached hydrogens (tertiary/aromatic N) is 3. The van der Waals surface area contributed by atoms with Gasteiger partial charge in [0, 0.05) is 17.2 Å². The summed E-state index contributed by atoms with van der Waals surface area (Å²) in [6.07, 6.45) is 0. The van der Waals surface area contributed by atoms with Crippen LogP contribution in [0.4, 0.5) is 8.78 Å². The number of thioether (sulfide) groups is 1. The van der Waals surface area contributed by atoms with Crippen LogP contribution < -0.4 is 11.2 Å². The van der Waals surface area contributed by atoms with Crippen LogP contribution in [0, 0.1) is 11.6 Å². The highest BCUT2D eigenvalue weighted by Gasteiger charge is 2.18. The smallest absolute Gasteiger partial charge is 0.230 e. The Balaban J connectivity index is 1.62. The van der Waals surface area contributed by atoms with E-state index in [0.29, 0.717) is 11.0 Å². The normalized spacial score (nSPS) is 12.6. The molecule has 2 aromatic carbocycles. The largest absolute Gasteiger partial charge is 0.349 e. The summed E-state index contributed by atoms with van der Waals surface area (Å²) in [6, 6.07) is 10.6. The fraction of sp³-hybridized carbons (Fsp3) is 0.318. The van der Waals surface area contributed by atoms with Crippen molar-refractivity contribution in [3.63, 3.8) is 0 Å². The molecule has 1 unspecified atom stereocenters. The van der Waals surface area contributed by atoms with Crippen molar-refractivity contribution in [2.75, 3.05) is 11.6 Å². The minimum atomic E-state index is -0.704. The van der Waals surface area contributed by atoms with Gasteiger partial charge >= 0.3 is 0 Å². The molecule has 0 radical (unpaired) electrons. The fourth-order valence-electron chi connectivity index (χ4n) is 3.04.